The van der Waals surface area contributed by atoms with E-state index in [4.69, 9.17) is 45.5 Å². The number of fused-ring (bicyclic) bond motifs is 16. The van der Waals surface area contributed by atoms with E-state index in [2.05, 4.69) is 225 Å². The molecule has 26 aromatic rings. The summed E-state index contributed by atoms with van der Waals surface area (Å²) in [6, 6.07) is 115. The minimum atomic E-state index is -0.495. The first-order chi connectivity index (χ1) is 70.1. The van der Waals surface area contributed by atoms with Crippen LogP contribution >= 0.6 is 0 Å². The number of para-hydroxylation sites is 4. The Morgan fingerprint density at radius 1 is 0.254 bits per heavy atom. The van der Waals surface area contributed by atoms with Gasteiger partial charge in [0.05, 0.1) is 98.9 Å². The van der Waals surface area contributed by atoms with Crippen LogP contribution in [0.4, 0.5) is 0 Å². The lowest BCUT2D eigenvalue weighted by atomic mass is 9.98. The van der Waals surface area contributed by atoms with Crippen molar-refractivity contribution >= 4 is 141 Å². The first-order valence-corrected chi connectivity index (χ1v) is 42.2. The highest BCUT2D eigenvalue weighted by molar-refractivity contribution is 6.18. The third-order valence-corrected chi connectivity index (χ3v) is 24.3. The van der Waals surface area contributed by atoms with Crippen molar-refractivity contribution in [3.8, 4) is 102 Å². The predicted molar refractivity (Wildman–Crippen MR) is 539 cm³/mol. The minimum Gasteiger partial charge on any atom is -0.344 e. The molecule has 0 bridgehead atoms. The van der Waals surface area contributed by atoms with Crippen LogP contribution in [0.25, 0.3) is 237 Å². The van der Waals surface area contributed by atoms with Crippen molar-refractivity contribution in [2.24, 2.45) is 0 Å². The summed E-state index contributed by atoms with van der Waals surface area (Å²) in [7, 11) is 0. The molecule has 0 fully saturated rings. The van der Waals surface area contributed by atoms with Gasteiger partial charge in [-0.2, -0.15) is 5.26 Å². The van der Waals surface area contributed by atoms with Gasteiger partial charge in [-0.25, -0.2) is 24.9 Å². The Bertz CT molecular complexity index is 9960. The zero-order valence-electron chi connectivity index (χ0n) is 84.2. The van der Waals surface area contributed by atoms with Gasteiger partial charge in [-0.15, -0.1) is 0 Å². The Hall–Kier alpha value is -17.7. The van der Waals surface area contributed by atoms with Gasteiger partial charge >= 0.3 is 0 Å². The van der Waals surface area contributed by atoms with Crippen LogP contribution in [0.5, 0.6) is 0 Å². The maximum absolute atomic E-state index is 10.4. The second kappa shape index (κ2) is 32.4. The number of nitriles is 1. The Balaban J connectivity index is 0.000000121. The van der Waals surface area contributed by atoms with Crippen LogP contribution in [-0.4, -0.2) is 43.6 Å². The Morgan fingerprint density at radius 2 is 0.708 bits per heavy atom. The lowest BCUT2D eigenvalue weighted by Gasteiger charge is -2.16. The van der Waals surface area contributed by atoms with E-state index in [1.807, 2.05) is 115 Å². The monoisotopic (exact) mass is 1670 g/mol. The normalized spacial score (nSPS) is 13.1. The molecule has 0 aliphatic heterocycles. The molecule has 7 aromatic heterocycles. The van der Waals surface area contributed by atoms with E-state index in [0.717, 1.165) is 116 Å². The molecule has 11 nitrogen and oxygen atoms in total. The standard InChI is InChI=1S/C46H29N3.C37H24N2.C36H21N5.H3N/c1-3-13-30(14-4-1)34-23-24-39-41(28-34)47-46(48-45(39)31-15-5-2-6-16-31)38-25-26-43(36-20-10-9-19-35(36)38)49-42-22-12-11-21-37(42)40-27-32-17-7-8-18-33(32)29-44(40)49;1-2-10-25(11-3-1)32-24-35(38-34-16-8-6-14-30(32)34)26-18-20-29(21-19-26)39-36-17-9-7-15-31(36)33-22-27-12-4-5-13-28(27)23-37(33)39;37-22-26-19-27(41-32-15-7-6-13-29(32)30-20-24-11-4-5-12-25(24)21-33(30)41)16-17-28(26)36-39-31-14-8-18-38-35(31)34(40-36)23-9-2-1-3-10-23;/h1-29H;1-24H;1-21H;1H3/i1D,3D,4D,13D,14D;1D,2D,3D,10D,11D;1D,2D,3D,9D,10D;. The molecule has 0 atom stereocenters. The summed E-state index contributed by atoms with van der Waals surface area (Å²) in [6.07, 6.45) is 1.54. The van der Waals surface area contributed by atoms with Crippen molar-refractivity contribution in [2.75, 3.05) is 0 Å². The molecule has 7 heterocycles. The van der Waals surface area contributed by atoms with Crippen LogP contribution in [0.1, 0.15) is 26.1 Å². The van der Waals surface area contributed by atoms with Crippen LogP contribution in [0, 0.1) is 11.3 Å². The maximum Gasteiger partial charge on any atom is 0.161 e. The summed E-state index contributed by atoms with van der Waals surface area (Å²) in [4.78, 5) is 29.1. The third-order valence-electron chi connectivity index (χ3n) is 24.3. The predicted octanol–water partition coefficient (Wildman–Crippen LogP) is 30.5. The van der Waals surface area contributed by atoms with E-state index < -0.39 is 42.3 Å². The van der Waals surface area contributed by atoms with Crippen LogP contribution in [-0.2, 0) is 0 Å². The third kappa shape index (κ3) is 13.5. The van der Waals surface area contributed by atoms with Gasteiger partial charge in [0.15, 0.2) is 11.6 Å². The average Bonchev–Trinajstić information content (AvgIpc) is 1.66. The lowest BCUT2D eigenvalue weighted by molar-refractivity contribution is 1.17. The van der Waals surface area contributed by atoms with Gasteiger partial charge in [0, 0.05) is 93.9 Å². The first-order valence-electron chi connectivity index (χ1n) is 49.7. The molecule has 0 aliphatic rings. The second-order valence-corrected chi connectivity index (χ2v) is 31.6. The van der Waals surface area contributed by atoms with Gasteiger partial charge in [-0.1, -0.05) is 309 Å². The van der Waals surface area contributed by atoms with Gasteiger partial charge in [0.1, 0.15) is 11.2 Å². The summed E-state index contributed by atoms with van der Waals surface area (Å²) >= 11 is 0. The van der Waals surface area contributed by atoms with Crippen molar-refractivity contribution in [3.05, 3.63) is 454 Å². The summed E-state index contributed by atoms with van der Waals surface area (Å²) in [6.45, 7) is 0. The fraction of sp³-hybridized carbons (Fsp3) is 0. The number of benzene rings is 19. The number of pyridine rings is 2. The van der Waals surface area contributed by atoms with Crippen molar-refractivity contribution in [3.63, 3.8) is 0 Å². The van der Waals surface area contributed by atoms with Crippen LogP contribution in [0.2, 0.25) is 0 Å². The van der Waals surface area contributed by atoms with Gasteiger partial charge in [-0.3, -0.25) is 4.98 Å². The minimum absolute atomic E-state index is 0. The van der Waals surface area contributed by atoms with Gasteiger partial charge in [-0.05, 0) is 193 Å². The van der Waals surface area contributed by atoms with Crippen LogP contribution in [0.15, 0.2) is 449 Å². The first kappa shape index (κ1) is 62.4. The molecule has 130 heavy (non-hydrogen) atoms. The molecule has 11 heteroatoms. The van der Waals surface area contributed by atoms with E-state index in [1.54, 1.807) is 36.4 Å². The summed E-state index contributed by atoms with van der Waals surface area (Å²) < 4.78 is 132. The zero-order valence-corrected chi connectivity index (χ0v) is 69.2. The smallest absolute Gasteiger partial charge is 0.161 e. The summed E-state index contributed by atoms with van der Waals surface area (Å²) in [5, 5.41) is 27.9. The van der Waals surface area contributed by atoms with Crippen molar-refractivity contribution in [1.29, 1.82) is 5.26 Å². The van der Waals surface area contributed by atoms with Crippen molar-refractivity contribution < 1.29 is 20.6 Å². The van der Waals surface area contributed by atoms with Crippen molar-refractivity contribution in [2.45, 2.75) is 0 Å². The molecule has 0 aliphatic carbocycles. The molecule has 19 aromatic carbocycles. The lowest BCUT2D eigenvalue weighted by Crippen LogP contribution is -2.00. The topological polar surface area (TPSA) is 151 Å². The molecule has 0 spiro atoms. The fourth-order valence-electron chi connectivity index (χ4n) is 18.4. The fourth-order valence-corrected chi connectivity index (χ4v) is 18.4. The summed E-state index contributed by atoms with van der Waals surface area (Å²) in [5.74, 6) is 0.703. The zero-order chi connectivity index (χ0) is 98.5. The van der Waals surface area contributed by atoms with E-state index in [0.29, 0.717) is 50.3 Å². The molecule has 0 radical (unpaired) electrons. The Labute approximate surface area is 769 Å². The molecule has 0 saturated heterocycles. The average molecular weight is 1680 g/mol. The molecule has 0 saturated carbocycles. The number of hydrogen-bond acceptors (Lipinski definition) is 8. The molecule has 0 unspecified atom stereocenters. The number of nitrogens with zero attached hydrogens (tertiary/aromatic N) is 10. The van der Waals surface area contributed by atoms with E-state index in [-0.39, 0.29) is 88.2 Å². The Kier molecular flexibility index (Phi) is 15.6. The quantitative estimate of drug-likeness (QED) is 0.142. The molecule has 0 amide bonds. The largest absolute Gasteiger partial charge is 0.344 e. The Morgan fingerprint density at radius 3 is 1.31 bits per heavy atom. The molecular formula is C119H77N11. The molecule has 26 rings (SSSR count). The maximum atomic E-state index is 10.4. The summed E-state index contributed by atoms with van der Waals surface area (Å²) in [5.41, 5.74) is 17.5. The van der Waals surface area contributed by atoms with E-state index >= 15 is 0 Å². The van der Waals surface area contributed by atoms with Gasteiger partial charge < -0.3 is 19.9 Å². The number of rotatable bonds is 10. The van der Waals surface area contributed by atoms with Gasteiger partial charge in [0.2, 0.25) is 0 Å². The van der Waals surface area contributed by atoms with Crippen LogP contribution < -0.4 is 6.15 Å². The van der Waals surface area contributed by atoms with Gasteiger partial charge in [0.25, 0.3) is 0 Å². The number of hydrogen-bond donors (Lipinski definition) is 1. The highest BCUT2D eigenvalue weighted by atomic mass is 15.0. The van der Waals surface area contributed by atoms with E-state index in [1.165, 1.54) is 49.3 Å². The number of aromatic nitrogens is 9. The highest BCUT2D eigenvalue weighted by Gasteiger charge is 2.24. The second-order valence-electron chi connectivity index (χ2n) is 31.6. The molecule has 608 valence electrons. The van der Waals surface area contributed by atoms with Crippen molar-refractivity contribution in [1.82, 2.24) is 49.8 Å². The SMILES string of the molecule is N.[2H]c1c([2H])c([2H])c(-c2cc(-c3ccc(-n4c5ccccc5c5cc6ccccc6cc54)cc3)nc3ccccc23)c([2H])c1[2H].[2H]c1c([2H])c([2H])c(-c2ccc3c(-c4ccccc4)nc(-c4ccc(-n5c6ccccc6c6cc7ccccc7cc65)c5ccccc45)nc3c2)c([2H])c1[2H].[2H]c1c([2H])c([2H])c(-c2nc(-c3ccc(-n4c5ccccc5c5cc6ccccc6cc54)cc3C#N)nc3cccnc23)c([2H])c1[2H]. The molecular weight excluding hydrogens is 1580 g/mol. The molecule has 3 N–H and O–H groups in total. The van der Waals surface area contributed by atoms with E-state index in [9.17, 15) is 5.26 Å². The van der Waals surface area contributed by atoms with Crippen LogP contribution in [0.3, 0.4) is 0 Å². The highest BCUT2D eigenvalue weighted by Crippen LogP contribution is 2.44.